The Morgan fingerprint density at radius 1 is 1.31 bits per heavy atom. The molecule has 0 unspecified atom stereocenters. The fourth-order valence-corrected chi connectivity index (χ4v) is 5.20. The van der Waals surface area contributed by atoms with Crippen LogP contribution in [0.25, 0.3) is 5.70 Å². The average molecular weight is 490 g/mol. The topological polar surface area (TPSA) is 91.6 Å². The second kappa shape index (κ2) is 11.0. The summed E-state index contributed by atoms with van der Waals surface area (Å²) in [6.07, 6.45) is 7.99. The Balaban J connectivity index is 1.37. The van der Waals surface area contributed by atoms with Crippen molar-refractivity contribution in [2.45, 2.75) is 58.8 Å². The number of nitrogens with one attached hydrogen (secondary N) is 2. The highest BCUT2D eigenvalue weighted by molar-refractivity contribution is 5.73. The Kier molecular flexibility index (Phi) is 7.84. The number of hydrogen-bond donors (Lipinski definition) is 3. The van der Waals surface area contributed by atoms with E-state index in [1.807, 2.05) is 51.4 Å². The molecule has 2 aromatic rings. The second-order valence-electron chi connectivity index (χ2n) is 9.64. The normalized spacial score (nSPS) is 20.8. The summed E-state index contributed by atoms with van der Waals surface area (Å²) in [6.45, 7) is 13.4. The molecule has 1 aromatic heterocycles. The van der Waals surface area contributed by atoms with E-state index in [1.54, 1.807) is 7.11 Å². The number of nitrogen functional groups attached to an aromatic ring is 1. The van der Waals surface area contributed by atoms with Crippen molar-refractivity contribution < 1.29 is 4.74 Å². The largest absolute Gasteiger partial charge is 0.497 e. The van der Waals surface area contributed by atoms with Crippen molar-refractivity contribution in [3.63, 3.8) is 0 Å². The lowest BCUT2D eigenvalue weighted by Crippen LogP contribution is -2.46. The van der Waals surface area contributed by atoms with Crippen molar-refractivity contribution in [1.82, 2.24) is 19.8 Å². The van der Waals surface area contributed by atoms with Crippen molar-refractivity contribution in [2.24, 2.45) is 0 Å². The van der Waals surface area contributed by atoms with Gasteiger partial charge in [-0.15, -0.1) is 0 Å². The van der Waals surface area contributed by atoms with Gasteiger partial charge in [0, 0.05) is 61.9 Å². The number of methoxy groups -OCH3 is 1. The molecule has 0 bridgehead atoms. The minimum atomic E-state index is 0.392. The van der Waals surface area contributed by atoms with Gasteiger partial charge in [-0.2, -0.15) is 0 Å². The number of hydrogen-bond acceptors (Lipinski definition) is 8. The first kappa shape index (κ1) is 25.6. The molecule has 1 saturated heterocycles. The van der Waals surface area contributed by atoms with E-state index < -0.39 is 0 Å². The van der Waals surface area contributed by atoms with Crippen molar-refractivity contribution in [3.05, 3.63) is 71.4 Å². The van der Waals surface area contributed by atoms with Crippen LogP contribution in [-0.2, 0) is 17.8 Å². The molecule has 0 aliphatic carbocycles. The smallest absolute Gasteiger partial charge is 0.227 e. The van der Waals surface area contributed by atoms with Crippen LogP contribution in [0.15, 0.2) is 54.6 Å². The predicted octanol–water partition coefficient (Wildman–Crippen LogP) is 4.81. The van der Waals surface area contributed by atoms with Gasteiger partial charge in [0.1, 0.15) is 5.76 Å². The number of ether oxygens (including phenoxy) is 1. The number of benzene rings is 1. The Bertz CT molecular complexity index is 1170. The molecule has 4 N–H and O–H groups in total. The number of nitrogens with zero attached hydrogens (tertiary/aromatic N) is 4. The van der Waals surface area contributed by atoms with Crippen LogP contribution in [0.3, 0.4) is 0 Å². The third kappa shape index (κ3) is 5.49. The fourth-order valence-electron chi connectivity index (χ4n) is 5.20. The molecule has 2 aliphatic heterocycles. The molecule has 192 valence electrons. The zero-order chi connectivity index (χ0) is 25.8. The molecule has 1 aromatic carbocycles. The molecule has 2 aliphatic rings. The first-order chi connectivity index (χ1) is 17.3. The first-order valence-corrected chi connectivity index (χ1v) is 12.6. The van der Waals surface area contributed by atoms with E-state index in [1.165, 1.54) is 5.56 Å². The quantitative estimate of drug-likeness (QED) is 0.277. The van der Waals surface area contributed by atoms with Crippen LogP contribution in [0.1, 0.15) is 50.4 Å². The highest BCUT2D eigenvalue weighted by atomic mass is 16.5. The second-order valence-corrected chi connectivity index (χ2v) is 9.64. The van der Waals surface area contributed by atoms with E-state index in [9.17, 15) is 0 Å². The standard InChI is InChI=1S/C28H39N7O/c1-7-24(36-6)12-18(2)32-28-31-15-22-16-34(17-27(22)33-28)23-10-11-35(19(3)13-23)20(4)21-8-9-26(30-5)25(29)14-21/h7-9,12,14-15,19,23,30H,4,10-11,13,16-17,29H2,1-3,5-6H3,(H,31,32,33)/b18-12+,24-7+/t19-,23+/m1/s1. The molecule has 0 amide bonds. The van der Waals surface area contributed by atoms with Crippen molar-refractivity contribution in [3.8, 4) is 0 Å². The minimum Gasteiger partial charge on any atom is -0.497 e. The molecule has 8 heteroatoms. The summed E-state index contributed by atoms with van der Waals surface area (Å²) < 4.78 is 5.31. The molecule has 8 nitrogen and oxygen atoms in total. The summed E-state index contributed by atoms with van der Waals surface area (Å²) in [7, 11) is 3.55. The summed E-state index contributed by atoms with van der Waals surface area (Å²) >= 11 is 0. The summed E-state index contributed by atoms with van der Waals surface area (Å²) in [5, 5.41) is 6.41. The third-order valence-electron chi connectivity index (χ3n) is 7.23. The van der Waals surface area contributed by atoms with Crippen LogP contribution in [0.5, 0.6) is 0 Å². The number of piperidine rings is 1. The molecule has 3 heterocycles. The van der Waals surface area contributed by atoms with E-state index >= 15 is 0 Å². The average Bonchev–Trinajstić information content (AvgIpc) is 3.30. The number of fused-ring (bicyclic) bond motifs is 1. The fraction of sp³-hybridized carbons (Fsp3) is 0.429. The van der Waals surface area contributed by atoms with Crippen LogP contribution in [0.2, 0.25) is 0 Å². The molecule has 0 spiro atoms. The predicted molar refractivity (Wildman–Crippen MR) is 148 cm³/mol. The van der Waals surface area contributed by atoms with Gasteiger partial charge in [-0.05, 0) is 63.5 Å². The maximum absolute atomic E-state index is 6.20. The third-order valence-corrected chi connectivity index (χ3v) is 7.23. The van der Waals surface area contributed by atoms with Gasteiger partial charge >= 0.3 is 0 Å². The zero-order valence-corrected chi connectivity index (χ0v) is 22.1. The lowest BCUT2D eigenvalue weighted by atomic mass is 9.95. The molecule has 1 fully saturated rings. The SMILES string of the molecule is C=C(c1ccc(NC)c(N)c1)N1CC[C@H](N2Cc3cnc(N/C(C)=C/C(=C\C)OC)nc3C2)C[C@H]1C. The Labute approximate surface area is 214 Å². The summed E-state index contributed by atoms with van der Waals surface area (Å²) in [5.74, 6) is 1.42. The monoisotopic (exact) mass is 489 g/mol. The molecule has 4 rings (SSSR count). The van der Waals surface area contributed by atoms with Gasteiger partial charge in [-0.1, -0.05) is 12.6 Å². The van der Waals surface area contributed by atoms with Crippen molar-refractivity contribution in [1.29, 1.82) is 0 Å². The maximum Gasteiger partial charge on any atom is 0.227 e. The minimum absolute atomic E-state index is 0.392. The molecule has 2 atom stereocenters. The van der Waals surface area contributed by atoms with Gasteiger partial charge in [0.05, 0.1) is 24.2 Å². The number of nitrogens with two attached hydrogens (primary N) is 1. The Morgan fingerprint density at radius 3 is 2.78 bits per heavy atom. The van der Waals surface area contributed by atoms with Crippen molar-refractivity contribution in [2.75, 3.05) is 37.1 Å². The zero-order valence-electron chi connectivity index (χ0n) is 22.1. The van der Waals surface area contributed by atoms with Gasteiger partial charge in [-0.25, -0.2) is 9.97 Å². The van der Waals surface area contributed by atoms with Crippen LogP contribution in [0.4, 0.5) is 17.3 Å². The maximum atomic E-state index is 6.20. The van der Waals surface area contributed by atoms with Crippen LogP contribution in [0, 0.1) is 0 Å². The highest BCUT2D eigenvalue weighted by Crippen LogP contribution is 2.34. The van der Waals surface area contributed by atoms with E-state index in [0.717, 1.165) is 72.3 Å². The summed E-state index contributed by atoms with van der Waals surface area (Å²) in [6, 6.07) is 7.03. The number of likely N-dealkylation sites (tertiary alicyclic amines) is 1. The van der Waals surface area contributed by atoms with Crippen LogP contribution < -0.4 is 16.4 Å². The van der Waals surface area contributed by atoms with E-state index in [0.29, 0.717) is 18.0 Å². The van der Waals surface area contributed by atoms with Gasteiger partial charge in [0.15, 0.2) is 0 Å². The summed E-state index contributed by atoms with van der Waals surface area (Å²) in [4.78, 5) is 14.3. The van der Waals surface area contributed by atoms with Gasteiger partial charge in [0.25, 0.3) is 0 Å². The molecule has 0 saturated carbocycles. The highest BCUT2D eigenvalue weighted by Gasteiger charge is 2.33. The molecular weight excluding hydrogens is 450 g/mol. The number of rotatable bonds is 8. The Morgan fingerprint density at radius 2 is 2.11 bits per heavy atom. The lowest BCUT2D eigenvalue weighted by Gasteiger charge is -2.43. The lowest BCUT2D eigenvalue weighted by molar-refractivity contribution is 0.102. The Hall–Kier alpha value is -3.52. The van der Waals surface area contributed by atoms with E-state index in [-0.39, 0.29) is 0 Å². The van der Waals surface area contributed by atoms with Gasteiger partial charge in [-0.3, -0.25) is 4.90 Å². The molecule has 0 radical (unpaired) electrons. The van der Waals surface area contributed by atoms with Gasteiger partial charge in [0.2, 0.25) is 5.95 Å². The van der Waals surface area contributed by atoms with E-state index in [4.69, 9.17) is 15.5 Å². The summed E-state index contributed by atoms with van der Waals surface area (Å²) in [5.41, 5.74) is 13.3. The number of allylic oxidation sites excluding steroid dienone is 3. The number of anilines is 3. The number of aromatic nitrogens is 2. The molecular formula is C28H39N7O. The van der Waals surface area contributed by atoms with Crippen LogP contribution >= 0.6 is 0 Å². The van der Waals surface area contributed by atoms with Crippen molar-refractivity contribution >= 4 is 23.0 Å². The molecule has 36 heavy (non-hydrogen) atoms. The first-order valence-electron chi connectivity index (χ1n) is 12.6. The van der Waals surface area contributed by atoms with Gasteiger partial charge < -0.3 is 26.0 Å². The van der Waals surface area contributed by atoms with E-state index in [2.05, 4.69) is 45.0 Å². The van der Waals surface area contributed by atoms with Crippen LogP contribution in [-0.4, -0.2) is 52.6 Å².